The Morgan fingerprint density at radius 1 is 1.19 bits per heavy atom. The highest BCUT2D eigenvalue weighted by Crippen LogP contribution is 2.10. The second-order valence-corrected chi connectivity index (χ2v) is 5.89. The zero-order valence-electron chi connectivity index (χ0n) is 13.8. The summed E-state index contributed by atoms with van der Waals surface area (Å²) in [5.41, 5.74) is 1.24. The Balaban J connectivity index is 0.00000400. The molecule has 120 valence electrons. The molecule has 0 fully saturated rings. The lowest BCUT2D eigenvalue weighted by Gasteiger charge is -2.24. The fourth-order valence-corrected chi connectivity index (χ4v) is 1.79. The van der Waals surface area contributed by atoms with Gasteiger partial charge in [0.25, 0.3) is 0 Å². The molecule has 1 aromatic rings. The van der Waals surface area contributed by atoms with Gasteiger partial charge in [-0.05, 0) is 39.8 Å². The van der Waals surface area contributed by atoms with Gasteiger partial charge in [-0.2, -0.15) is 0 Å². The third-order valence-corrected chi connectivity index (χ3v) is 2.74. The standard InChI is InChI=1S/C16H28N4.HI/c1-6-17-15(19-16(2,3)4)18-12-13-20(5)14-10-8-7-9-11-14;/h7-11H,6,12-13H2,1-5H3,(H2,17,18,19);1H. The van der Waals surface area contributed by atoms with Gasteiger partial charge in [0.2, 0.25) is 0 Å². The van der Waals surface area contributed by atoms with Gasteiger partial charge in [-0.15, -0.1) is 24.0 Å². The predicted molar refractivity (Wildman–Crippen MR) is 104 cm³/mol. The highest BCUT2D eigenvalue weighted by molar-refractivity contribution is 14.0. The van der Waals surface area contributed by atoms with Crippen LogP contribution < -0.4 is 15.5 Å². The summed E-state index contributed by atoms with van der Waals surface area (Å²) < 4.78 is 0. The van der Waals surface area contributed by atoms with Gasteiger partial charge in [-0.25, -0.2) is 0 Å². The third-order valence-electron chi connectivity index (χ3n) is 2.74. The van der Waals surface area contributed by atoms with Gasteiger partial charge < -0.3 is 15.5 Å². The van der Waals surface area contributed by atoms with E-state index in [1.165, 1.54) is 5.69 Å². The van der Waals surface area contributed by atoms with Crippen LogP contribution in [0.15, 0.2) is 35.3 Å². The molecule has 2 N–H and O–H groups in total. The van der Waals surface area contributed by atoms with Crippen LogP contribution in [0.4, 0.5) is 5.69 Å². The van der Waals surface area contributed by atoms with Gasteiger partial charge in [0.05, 0.1) is 6.54 Å². The maximum absolute atomic E-state index is 4.62. The van der Waals surface area contributed by atoms with Crippen LogP contribution in [-0.4, -0.2) is 38.2 Å². The zero-order valence-corrected chi connectivity index (χ0v) is 16.1. The van der Waals surface area contributed by atoms with Crippen molar-refractivity contribution in [3.8, 4) is 0 Å². The largest absolute Gasteiger partial charge is 0.373 e. The van der Waals surface area contributed by atoms with Gasteiger partial charge in [-0.1, -0.05) is 18.2 Å². The third kappa shape index (κ3) is 8.80. The molecule has 0 bridgehead atoms. The van der Waals surface area contributed by atoms with Gasteiger partial charge in [0, 0.05) is 31.4 Å². The Bertz CT molecular complexity index is 412. The lowest BCUT2D eigenvalue weighted by molar-refractivity contribution is 0.501. The molecule has 0 atom stereocenters. The number of halogens is 1. The van der Waals surface area contributed by atoms with E-state index < -0.39 is 0 Å². The molecule has 0 saturated heterocycles. The number of anilines is 1. The highest BCUT2D eigenvalue weighted by Gasteiger charge is 2.11. The van der Waals surface area contributed by atoms with Crippen LogP contribution in [0.1, 0.15) is 27.7 Å². The summed E-state index contributed by atoms with van der Waals surface area (Å²) in [5.74, 6) is 0.876. The average molecular weight is 404 g/mol. The number of hydrogen-bond acceptors (Lipinski definition) is 2. The fraction of sp³-hybridized carbons (Fsp3) is 0.562. The Morgan fingerprint density at radius 3 is 2.33 bits per heavy atom. The Labute approximate surface area is 146 Å². The maximum Gasteiger partial charge on any atom is 0.191 e. The molecule has 21 heavy (non-hydrogen) atoms. The van der Waals surface area contributed by atoms with Crippen molar-refractivity contribution in [1.82, 2.24) is 10.6 Å². The van der Waals surface area contributed by atoms with Gasteiger partial charge >= 0.3 is 0 Å². The normalized spacial score (nSPS) is 11.6. The quantitative estimate of drug-likeness (QED) is 0.450. The van der Waals surface area contributed by atoms with Crippen LogP contribution in [0.5, 0.6) is 0 Å². The molecule has 0 aliphatic heterocycles. The Hall–Kier alpha value is -0.980. The molecule has 0 aliphatic carbocycles. The van der Waals surface area contributed by atoms with Crippen molar-refractivity contribution in [2.24, 2.45) is 4.99 Å². The smallest absolute Gasteiger partial charge is 0.191 e. The van der Waals surface area contributed by atoms with Crippen molar-refractivity contribution in [2.45, 2.75) is 33.2 Å². The molecular formula is C16H29IN4. The van der Waals surface area contributed by atoms with Gasteiger partial charge in [0.1, 0.15) is 0 Å². The first-order chi connectivity index (χ1) is 9.42. The van der Waals surface area contributed by atoms with Crippen molar-refractivity contribution in [1.29, 1.82) is 0 Å². The van der Waals surface area contributed by atoms with Crippen LogP contribution in [0.3, 0.4) is 0 Å². The number of benzene rings is 1. The van der Waals surface area contributed by atoms with Crippen LogP contribution in [0.2, 0.25) is 0 Å². The van der Waals surface area contributed by atoms with Crippen LogP contribution in [0.25, 0.3) is 0 Å². The number of likely N-dealkylation sites (N-methyl/N-ethyl adjacent to an activating group) is 1. The SMILES string of the molecule is CCNC(=NCCN(C)c1ccccc1)NC(C)(C)C.I. The minimum absolute atomic E-state index is 0. The number of rotatable bonds is 5. The molecule has 1 rings (SSSR count). The van der Waals surface area contributed by atoms with E-state index in [0.29, 0.717) is 0 Å². The summed E-state index contributed by atoms with van der Waals surface area (Å²) in [6, 6.07) is 10.4. The summed E-state index contributed by atoms with van der Waals surface area (Å²) in [7, 11) is 2.09. The topological polar surface area (TPSA) is 39.7 Å². The van der Waals surface area contributed by atoms with E-state index in [0.717, 1.165) is 25.6 Å². The zero-order chi connectivity index (χ0) is 15.0. The summed E-state index contributed by atoms with van der Waals surface area (Å²) in [6.07, 6.45) is 0. The average Bonchev–Trinajstić information content (AvgIpc) is 2.38. The molecule has 0 heterocycles. The van der Waals surface area contributed by atoms with Crippen molar-refractivity contribution in [3.63, 3.8) is 0 Å². The van der Waals surface area contributed by atoms with Crippen molar-refractivity contribution < 1.29 is 0 Å². The Morgan fingerprint density at radius 2 is 1.81 bits per heavy atom. The van der Waals surface area contributed by atoms with E-state index in [9.17, 15) is 0 Å². The number of guanidine groups is 1. The van der Waals surface area contributed by atoms with Crippen molar-refractivity contribution in [2.75, 3.05) is 31.6 Å². The molecular weight excluding hydrogens is 375 g/mol. The minimum Gasteiger partial charge on any atom is -0.373 e. The summed E-state index contributed by atoms with van der Waals surface area (Å²) >= 11 is 0. The number of hydrogen-bond donors (Lipinski definition) is 2. The van der Waals surface area contributed by atoms with E-state index in [1.807, 2.05) is 6.07 Å². The molecule has 0 radical (unpaired) electrons. The number of nitrogens with zero attached hydrogens (tertiary/aromatic N) is 2. The van der Waals surface area contributed by atoms with Gasteiger partial charge in [-0.3, -0.25) is 4.99 Å². The second-order valence-electron chi connectivity index (χ2n) is 5.89. The number of aliphatic imine (C=N–C) groups is 1. The van der Waals surface area contributed by atoms with E-state index >= 15 is 0 Å². The molecule has 0 aliphatic rings. The van der Waals surface area contributed by atoms with Crippen molar-refractivity contribution >= 4 is 35.6 Å². The van der Waals surface area contributed by atoms with Crippen LogP contribution in [0, 0.1) is 0 Å². The van der Waals surface area contributed by atoms with E-state index in [2.05, 4.69) is 79.5 Å². The first kappa shape index (κ1) is 20.0. The van der Waals surface area contributed by atoms with Crippen LogP contribution >= 0.6 is 24.0 Å². The number of nitrogens with one attached hydrogen (secondary N) is 2. The van der Waals surface area contributed by atoms with Crippen molar-refractivity contribution in [3.05, 3.63) is 30.3 Å². The lowest BCUT2D eigenvalue weighted by Crippen LogP contribution is -2.47. The molecule has 0 amide bonds. The molecule has 1 aromatic carbocycles. The first-order valence-electron chi connectivity index (χ1n) is 7.25. The fourth-order valence-electron chi connectivity index (χ4n) is 1.79. The summed E-state index contributed by atoms with van der Waals surface area (Å²) in [5, 5.41) is 6.66. The monoisotopic (exact) mass is 404 g/mol. The number of para-hydroxylation sites is 1. The van der Waals surface area contributed by atoms with E-state index in [-0.39, 0.29) is 29.5 Å². The Kier molecular flexibility index (Phi) is 9.41. The summed E-state index contributed by atoms with van der Waals surface area (Å²) in [4.78, 5) is 6.83. The predicted octanol–water partition coefficient (Wildman–Crippen LogP) is 3.09. The molecule has 0 saturated carbocycles. The molecule has 0 unspecified atom stereocenters. The molecule has 4 nitrogen and oxygen atoms in total. The van der Waals surface area contributed by atoms with Crippen LogP contribution in [-0.2, 0) is 0 Å². The minimum atomic E-state index is 0. The second kappa shape index (κ2) is 9.87. The molecule has 0 spiro atoms. The summed E-state index contributed by atoms with van der Waals surface area (Å²) in [6.45, 7) is 11.0. The molecule has 5 heteroatoms. The van der Waals surface area contributed by atoms with E-state index in [4.69, 9.17) is 0 Å². The lowest BCUT2D eigenvalue weighted by atomic mass is 10.1. The maximum atomic E-state index is 4.62. The first-order valence-corrected chi connectivity index (χ1v) is 7.25. The highest BCUT2D eigenvalue weighted by atomic mass is 127. The molecule has 0 aromatic heterocycles. The van der Waals surface area contributed by atoms with Gasteiger partial charge in [0.15, 0.2) is 5.96 Å². The van der Waals surface area contributed by atoms with E-state index in [1.54, 1.807) is 0 Å².